The number of rotatable bonds is 6. The maximum Gasteiger partial charge on any atom is 0.243 e. The second-order valence-corrected chi connectivity index (χ2v) is 6.00. The third-order valence-corrected chi connectivity index (χ3v) is 3.51. The zero-order valence-corrected chi connectivity index (χ0v) is 11.3. The lowest BCUT2D eigenvalue weighted by Gasteiger charge is -2.13. The number of hydrogen-bond donors (Lipinski definition) is 1. The highest BCUT2D eigenvalue weighted by Crippen LogP contribution is 2.13. The van der Waals surface area contributed by atoms with Crippen LogP contribution < -0.4 is 5.32 Å². The van der Waals surface area contributed by atoms with Crippen LogP contribution in [0.15, 0.2) is 41.8 Å². The molecule has 103 valence electrons. The van der Waals surface area contributed by atoms with Crippen molar-refractivity contribution in [1.29, 1.82) is 0 Å². The summed E-state index contributed by atoms with van der Waals surface area (Å²) in [5.74, 6) is -0.466. The van der Waals surface area contributed by atoms with Crippen molar-refractivity contribution in [1.82, 2.24) is 5.32 Å². The first-order valence-electron chi connectivity index (χ1n) is 5.50. The zero-order chi connectivity index (χ0) is 14.5. The van der Waals surface area contributed by atoms with Gasteiger partial charge in [0.25, 0.3) is 0 Å². The Morgan fingerprint density at radius 1 is 1.42 bits per heavy atom. The van der Waals surface area contributed by atoms with Crippen LogP contribution in [-0.2, 0) is 14.6 Å². The number of sulfone groups is 1. The predicted octanol–water partition coefficient (Wildman–Crippen LogP) is 1.28. The largest absolute Gasteiger partial charge is 0.347 e. The van der Waals surface area contributed by atoms with E-state index in [9.17, 15) is 17.6 Å². The van der Waals surface area contributed by atoms with E-state index in [0.29, 0.717) is 5.56 Å². The van der Waals surface area contributed by atoms with E-state index in [2.05, 4.69) is 11.9 Å². The monoisotopic (exact) mass is 284 g/mol. The molecule has 6 heteroatoms. The van der Waals surface area contributed by atoms with Gasteiger partial charge in [0.15, 0.2) is 9.84 Å². The fourth-order valence-corrected chi connectivity index (χ4v) is 2.06. The third kappa shape index (κ3) is 4.82. The van der Waals surface area contributed by atoms with E-state index in [1.54, 1.807) is 12.1 Å². The SMILES string of the molecule is C=CC(=O)N[C@@H]([CH]c1ccc(S(C)(=O)=O)cc1)CF. The molecule has 4 nitrogen and oxygen atoms in total. The topological polar surface area (TPSA) is 63.2 Å². The Bertz CT molecular complexity index is 552. The Hall–Kier alpha value is -1.69. The number of carbonyl (C=O) groups is 1. The fourth-order valence-electron chi connectivity index (χ4n) is 1.42. The number of carbonyl (C=O) groups excluding carboxylic acids is 1. The molecular weight excluding hydrogens is 269 g/mol. The molecule has 0 saturated heterocycles. The molecule has 0 spiro atoms. The summed E-state index contributed by atoms with van der Waals surface area (Å²) in [6.07, 6.45) is 3.68. The minimum Gasteiger partial charge on any atom is -0.347 e. The summed E-state index contributed by atoms with van der Waals surface area (Å²) >= 11 is 0. The number of benzene rings is 1. The molecule has 0 unspecified atom stereocenters. The van der Waals surface area contributed by atoms with Gasteiger partial charge in [-0.15, -0.1) is 0 Å². The van der Waals surface area contributed by atoms with Gasteiger partial charge in [0.05, 0.1) is 10.9 Å². The second-order valence-electron chi connectivity index (χ2n) is 3.98. The van der Waals surface area contributed by atoms with Crippen molar-refractivity contribution >= 4 is 15.7 Å². The standard InChI is InChI=1S/C13H15FNO3S/c1-3-13(16)15-11(9-14)8-10-4-6-12(7-5-10)19(2,17)18/h3-8,11H,1,9H2,2H3,(H,15,16)/t11-/m0/s1. The van der Waals surface area contributed by atoms with Crippen molar-refractivity contribution in [3.8, 4) is 0 Å². The lowest BCUT2D eigenvalue weighted by Crippen LogP contribution is -2.35. The summed E-state index contributed by atoms with van der Waals surface area (Å²) in [4.78, 5) is 11.3. The van der Waals surface area contributed by atoms with E-state index in [4.69, 9.17) is 0 Å². The number of halogens is 1. The van der Waals surface area contributed by atoms with Gasteiger partial charge >= 0.3 is 0 Å². The predicted molar refractivity (Wildman–Crippen MR) is 71.1 cm³/mol. The van der Waals surface area contributed by atoms with E-state index in [0.717, 1.165) is 12.3 Å². The van der Waals surface area contributed by atoms with Crippen molar-refractivity contribution < 1.29 is 17.6 Å². The van der Waals surface area contributed by atoms with Crippen molar-refractivity contribution in [2.45, 2.75) is 10.9 Å². The van der Waals surface area contributed by atoms with Gasteiger partial charge in [-0.3, -0.25) is 4.79 Å². The van der Waals surface area contributed by atoms with E-state index < -0.39 is 28.5 Å². The van der Waals surface area contributed by atoms with Crippen LogP contribution >= 0.6 is 0 Å². The molecule has 1 aromatic carbocycles. The molecule has 1 rings (SSSR count). The third-order valence-electron chi connectivity index (χ3n) is 2.38. The first-order valence-corrected chi connectivity index (χ1v) is 7.40. The Kier molecular flexibility index (Phi) is 5.23. The highest BCUT2D eigenvalue weighted by Gasteiger charge is 2.12. The molecule has 1 atom stereocenters. The lowest BCUT2D eigenvalue weighted by molar-refractivity contribution is -0.117. The van der Waals surface area contributed by atoms with Gasteiger partial charge in [0.2, 0.25) is 5.91 Å². The number of nitrogens with one attached hydrogen (secondary N) is 1. The zero-order valence-electron chi connectivity index (χ0n) is 10.5. The average molecular weight is 284 g/mol. The smallest absolute Gasteiger partial charge is 0.243 e. The summed E-state index contributed by atoms with van der Waals surface area (Å²) in [5.41, 5.74) is 0.624. The van der Waals surface area contributed by atoms with Crippen LogP contribution in [0.3, 0.4) is 0 Å². The Labute approximate surface area is 112 Å². The van der Waals surface area contributed by atoms with E-state index in [1.807, 2.05) is 0 Å². The molecule has 1 amide bonds. The average Bonchev–Trinajstić information content (AvgIpc) is 2.37. The van der Waals surface area contributed by atoms with E-state index >= 15 is 0 Å². The minimum absolute atomic E-state index is 0.191. The van der Waals surface area contributed by atoms with Crippen molar-refractivity contribution in [2.24, 2.45) is 0 Å². The molecular formula is C13H15FNO3S. The first kappa shape index (κ1) is 15.4. The van der Waals surface area contributed by atoms with Gasteiger partial charge in [0, 0.05) is 12.7 Å². The van der Waals surface area contributed by atoms with Crippen LogP contribution in [-0.4, -0.2) is 33.3 Å². The quantitative estimate of drug-likeness (QED) is 0.800. The molecule has 0 saturated carbocycles. The number of hydrogen-bond acceptors (Lipinski definition) is 3. The van der Waals surface area contributed by atoms with Crippen LogP contribution in [0.25, 0.3) is 0 Å². The Morgan fingerprint density at radius 3 is 2.42 bits per heavy atom. The Morgan fingerprint density at radius 2 is 2.00 bits per heavy atom. The summed E-state index contributed by atoms with van der Waals surface area (Å²) in [6.45, 7) is 2.52. The van der Waals surface area contributed by atoms with Crippen LogP contribution in [0.5, 0.6) is 0 Å². The summed E-state index contributed by atoms with van der Waals surface area (Å²) in [6, 6.07) is 5.21. The van der Waals surface area contributed by atoms with Crippen molar-refractivity contribution in [3.05, 3.63) is 48.9 Å². The van der Waals surface area contributed by atoms with E-state index in [1.165, 1.54) is 18.6 Å². The van der Waals surface area contributed by atoms with Crippen molar-refractivity contribution in [2.75, 3.05) is 12.9 Å². The molecule has 0 heterocycles. The van der Waals surface area contributed by atoms with Gasteiger partial charge in [-0.25, -0.2) is 12.8 Å². The normalized spacial score (nSPS) is 12.7. The van der Waals surface area contributed by atoms with Gasteiger partial charge < -0.3 is 5.32 Å². The first-order chi connectivity index (χ1) is 8.86. The summed E-state index contributed by atoms with van der Waals surface area (Å²) < 4.78 is 35.3. The molecule has 1 radical (unpaired) electrons. The maximum atomic E-state index is 12.7. The molecule has 0 fully saturated rings. The van der Waals surface area contributed by atoms with E-state index in [-0.39, 0.29) is 4.90 Å². The fraction of sp³-hybridized carbons (Fsp3) is 0.231. The van der Waals surface area contributed by atoms with Crippen LogP contribution in [0.1, 0.15) is 5.56 Å². The van der Waals surface area contributed by atoms with Gasteiger partial charge in [-0.2, -0.15) is 0 Å². The Balaban J connectivity index is 2.76. The van der Waals surface area contributed by atoms with Crippen LogP contribution in [0.4, 0.5) is 4.39 Å². The van der Waals surface area contributed by atoms with Crippen molar-refractivity contribution in [3.63, 3.8) is 0 Å². The molecule has 1 aromatic rings. The summed E-state index contributed by atoms with van der Waals surface area (Å²) in [5, 5.41) is 2.40. The maximum absolute atomic E-state index is 12.7. The van der Waals surface area contributed by atoms with Crippen LogP contribution in [0, 0.1) is 6.42 Å². The molecule has 19 heavy (non-hydrogen) atoms. The van der Waals surface area contributed by atoms with Crippen LogP contribution in [0.2, 0.25) is 0 Å². The van der Waals surface area contributed by atoms with Gasteiger partial charge in [-0.1, -0.05) is 18.7 Å². The molecule has 0 aliphatic carbocycles. The minimum atomic E-state index is -3.25. The summed E-state index contributed by atoms with van der Waals surface area (Å²) in [7, 11) is -3.25. The second kappa shape index (κ2) is 6.47. The molecule has 0 aliphatic rings. The molecule has 0 aromatic heterocycles. The van der Waals surface area contributed by atoms with Gasteiger partial charge in [-0.05, 0) is 23.8 Å². The lowest BCUT2D eigenvalue weighted by atomic mass is 10.1. The van der Waals surface area contributed by atoms with Gasteiger partial charge in [0.1, 0.15) is 6.67 Å². The molecule has 0 aliphatic heterocycles. The number of alkyl halides is 1. The highest BCUT2D eigenvalue weighted by molar-refractivity contribution is 7.90. The highest BCUT2D eigenvalue weighted by atomic mass is 32.2. The molecule has 0 bridgehead atoms. The number of amides is 1. The molecule has 1 N–H and O–H groups in total.